The lowest BCUT2D eigenvalue weighted by atomic mass is 10.0. The van der Waals surface area contributed by atoms with Gasteiger partial charge in [0.05, 0.1) is 11.4 Å². The molecule has 0 radical (unpaired) electrons. The molecule has 2 N–H and O–H groups in total. The predicted octanol–water partition coefficient (Wildman–Crippen LogP) is 5.56. The Labute approximate surface area is 165 Å². The zero-order valence-corrected chi connectivity index (χ0v) is 16.0. The third-order valence-electron chi connectivity index (χ3n) is 4.68. The normalized spacial score (nSPS) is 10.5. The van der Waals surface area contributed by atoms with Crippen molar-refractivity contribution in [1.29, 1.82) is 0 Å². The van der Waals surface area contributed by atoms with E-state index < -0.39 is 0 Å². The first kappa shape index (κ1) is 17.7. The van der Waals surface area contributed by atoms with Crippen LogP contribution in [0.5, 0.6) is 0 Å². The van der Waals surface area contributed by atoms with E-state index in [0.29, 0.717) is 5.82 Å². The topological polar surface area (TPSA) is 49.8 Å². The zero-order chi connectivity index (χ0) is 19.3. The Hall–Kier alpha value is -3.66. The van der Waals surface area contributed by atoms with Crippen molar-refractivity contribution in [2.45, 2.75) is 0 Å². The Morgan fingerprint density at radius 1 is 0.607 bits per heavy atom. The highest BCUT2D eigenvalue weighted by Gasteiger charge is 2.13. The summed E-state index contributed by atoms with van der Waals surface area (Å²) in [5.74, 6) is 0.717. The number of benzene rings is 3. The second kappa shape index (κ2) is 7.92. The monoisotopic (exact) mass is 366 g/mol. The average Bonchev–Trinajstić information content (AvgIpc) is 2.79. The van der Waals surface area contributed by atoms with Crippen molar-refractivity contribution in [2.24, 2.45) is 0 Å². The van der Waals surface area contributed by atoms with Crippen molar-refractivity contribution < 1.29 is 0 Å². The van der Waals surface area contributed by atoms with Crippen molar-refractivity contribution in [1.82, 2.24) is 9.97 Å². The summed E-state index contributed by atoms with van der Waals surface area (Å²) in [7, 11) is 3.85. The molecule has 1 heterocycles. The fourth-order valence-corrected chi connectivity index (χ4v) is 3.19. The molecule has 0 amide bonds. The van der Waals surface area contributed by atoms with Gasteiger partial charge in [0.2, 0.25) is 0 Å². The lowest BCUT2D eigenvalue weighted by Crippen LogP contribution is -1.99. The summed E-state index contributed by atoms with van der Waals surface area (Å²) >= 11 is 0. The van der Waals surface area contributed by atoms with Crippen LogP contribution in [0.4, 0.5) is 11.4 Å². The maximum atomic E-state index is 4.90. The first-order valence-electron chi connectivity index (χ1n) is 9.28. The molecule has 0 bridgehead atoms. The molecule has 0 fully saturated rings. The van der Waals surface area contributed by atoms with Gasteiger partial charge in [-0.2, -0.15) is 0 Å². The molecule has 1 aromatic heterocycles. The van der Waals surface area contributed by atoms with Crippen molar-refractivity contribution in [2.75, 3.05) is 24.7 Å². The molecule has 4 rings (SSSR count). The molecule has 4 heteroatoms. The second-order valence-corrected chi connectivity index (χ2v) is 6.45. The third kappa shape index (κ3) is 3.58. The lowest BCUT2D eigenvalue weighted by Gasteiger charge is -2.14. The highest BCUT2D eigenvalue weighted by atomic mass is 14.9. The highest BCUT2D eigenvalue weighted by Crippen LogP contribution is 2.33. The Balaban J connectivity index is 1.95. The molecule has 0 unspecified atom stereocenters. The predicted molar refractivity (Wildman–Crippen MR) is 117 cm³/mol. The summed E-state index contributed by atoms with van der Waals surface area (Å²) in [6.07, 6.45) is 0. The molecule has 3 aromatic carbocycles. The number of nitrogens with zero attached hydrogens (tertiary/aromatic N) is 2. The quantitative estimate of drug-likeness (QED) is 0.485. The van der Waals surface area contributed by atoms with Gasteiger partial charge in [0.1, 0.15) is 0 Å². The number of nitrogens with one attached hydrogen (secondary N) is 2. The summed E-state index contributed by atoms with van der Waals surface area (Å²) in [4.78, 5) is 9.75. The molecule has 28 heavy (non-hydrogen) atoms. The molecule has 0 saturated carbocycles. The van der Waals surface area contributed by atoms with Gasteiger partial charge in [0.25, 0.3) is 0 Å². The lowest BCUT2D eigenvalue weighted by molar-refractivity contribution is 1.18. The SMILES string of the molecule is CNc1ccc(NC)c(-c2cc(-c3ccccc3)nc(-c3ccccc3)n2)c1. The van der Waals surface area contributed by atoms with E-state index in [1.807, 2.05) is 68.7 Å². The van der Waals surface area contributed by atoms with Crippen molar-refractivity contribution in [3.63, 3.8) is 0 Å². The molecular formula is C24H22N4. The molecule has 4 nitrogen and oxygen atoms in total. The Morgan fingerprint density at radius 3 is 1.89 bits per heavy atom. The Morgan fingerprint density at radius 2 is 1.25 bits per heavy atom. The summed E-state index contributed by atoms with van der Waals surface area (Å²) in [6.45, 7) is 0. The van der Waals surface area contributed by atoms with Crippen molar-refractivity contribution in [3.05, 3.63) is 84.9 Å². The summed E-state index contributed by atoms with van der Waals surface area (Å²) in [5, 5.41) is 6.49. The van der Waals surface area contributed by atoms with Crippen molar-refractivity contribution in [3.8, 4) is 33.9 Å². The number of anilines is 2. The van der Waals surface area contributed by atoms with Gasteiger partial charge in [0.15, 0.2) is 5.82 Å². The van der Waals surface area contributed by atoms with E-state index in [2.05, 4.69) is 41.0 Å². The first-order chi connectivity index (χ1) is 13.8. The van der Waals surface area contributed by atoms with Gasteiger partial charge >= 0.3 is 0 Å². The van der Waals surface area contributed by atoms with Gasteiger partial charge in [0, 0.05) is 42.2 Å². The zero-order valence-electron chi connectivity index (χ0n) is 16.0. The van der Waals surface area contributed by atoms with Crippen LogP contribution in [0.1, 0.15) is 0 Å². The number of rotatable bonds is 5. The number of hydrogen-bond acceptors (Lipinski definition) is 4. The van der Waals surface area contributed by atoms with Crippen molar-refractivity contribution >= 4 is 11.4 Å². The molecule has 0 aliphatic rings. The van der Waals surface area contributed by atoms with Gasteiger partial charge in [-0.05, 0) is 24.3 Å². The van der Waals surface area contributed by atoms with E-state index in [-0.39, 0.29) is 0 Å². The van der Waals surface area contributed by atoms with Crippen LogP contribution in [-0.2, 0) is 0 Å². The maximum absolute atomic E-state index is 4.90. The van der Waals surface area contributed by atoms with Crippen LogP contribution in [0.2, 0.25) is 0 Å². The molecular weight excluding hydrogens is 344 g/mol. The summed E-state index contributed by atoms with van der Waals surface area (Å²) in [6, 6.07) is 28.6. The summed E-state index contributed by atoms with van der Waals surface area (Å²) in [5.41, 5.74) is 6.95. The minimum absolute atomic E-state index is 0.717. The van der Waals surface area contributed by atoms with E-state index in [4.69, 9.17) is 9.97 Å². The van der Waals surface area contributed by atoms with Crippen LogP contribution in [-0.4, -0.2) is 24.1 Å². The first-order valence-corrected chi connectivity index (χ1v) is 9.28. The minimum atomic E-state index is 0.717. The fourth-order valence-electron chi connectivity index (χ4n) is 3.19. The van der Waals surface area contributed by atoms with E-state index in [1.54, 1.807) is 0 Å². The minimum Gasteiger partial charge on any atom is -0.388 e. The average molecular weight is 366 g/mol. The Kier molecular flexibility index (Phi) is 5.02. The molecule has 0 atom stereocenters. The van der Waals surface area contributed by atoms with Crippen LogP contribution in [0.3, 0.4) is 0 Å². The molecule has 138 valence electrons. The standard InChI is InChI=1S/C24H22N4/c1-25-19-13-14-21(26-2)20(15-19)23-16-22(17-9-5-3-6-10-17)27-24(28-23)18-11-7-4-8-12-18/h3-16,25-26H,1-2H3. The highest BCUT2D eigenvalue weighted by molar-refractivity contribution is 5.82. The van der Waals surface area contributed by atoms with E-state index >= 15 is 0 Å². The van der Waals surface area contributed by atoms with Crippen LogP contribution in [0, 0.1) is 0 Å². The summed E-state index contributed by atoms with van der Waals surface area (Å²) < 4.78 is 0. The van der Waals surface area contributed by atoms with Crippen LogP contribution in [0.25, 0.3) is 33.9 Å². The molecule has 0 aliphatic heterocycles. The number of hydrogen-bond donors (Lipinski definition) is 2. The fraction of sp³-hybridized carbons (Fsp3) is 0.0833. The molecule has 0 spiro atoms. The third-order valence-corrected chi connectivity index (χ3v) is 4.68. The second-order valence-electron chi connectivity index (χ2n) is 6.45. The van der Waals surface area contributed by atoms with Gasteiger partial charge in [-0.15, -0.1) is 0 Å². The molecule has 0 saturated heterocycles. The van der Waals surface area contributed by atoms with Gasteiger partial charge in [-0.1, -0.05) is 60.7 Å². The number of aromatic nitrogens is 2. The van der Waals surface area contributed by atoms with E-state index in [1.165, 1.54) is 0 Å². The van der Waals surface area contributed by atoms with Gasteiger partial charge < -0.3 is 10.6 Å². The maximum Gasteiger partial charge on any atom is 0.160 e. The van der Waals surface area contributed by atoms with Crippen LogP contribution >= 0.6 is 0 Å². The smallest absolute Gasteiger partial charge is 0.160 e. The van der Waals surface area contributed by atoms with Gasteiger partial charge in [-0.25, -0.2) is 9.97 Å². The van der Waals surface area contributed by atoms with E-state index in [0.717, 1.165) is 39.5 Å². The van der Waals surface area contributed by atoms with Crippen LogP contribution in [0.15, 0.2) is 84.9 Å². The van der Waals surface area contributed by atoms with E-state index in [9.17, 15) is 0 Å². The molecule has 4 aromatic rings. The largest absolute Gasteiger partial charge is 0.388 e. The van der Waals surface area contributed by atoms with Crippen LogP contribution < -0.4 is 10.6 Å². The van der Waals surface area contributed by atoms with Gasteiger partial charge in [-0.3, -0.25) is 0 Å². The Bertz CT molecular complexity index is 1020. The molecule has 0 aliphatic carbocycles.